The molecule has 3 amide bonds. The number of aliphatic carboxylic acids is 1. The maximum absolute atomic E-state index is 14.0. The Morgan fingerprint density at radius 1 is 1.05 bits per heavy atom. The van der Waals surface area contributed by atoms with Gasteiger partial charge in [0, 0.05) is 34.7 Å². The zero-order valence-electron chi connectivity index (χ0n) is 24.8. The maximum atomic E-state index is 14.0. The average molecular weight is 685 g/mol. The highest BCUT2D eigenvalue weighted by molar-refractivity contribution is 9.10. The third-order valence-corrected chi connectivity index (χ3v) is 8.86. The number of carboxylic acid groups (broad SMARTS) is 1. The number of anilines is 1. The molecule has 0 bridgehead atoms. The molecule has 13 heteroatoms. The third kappa shape index (κ3) is 8.58. The number of benzene rings is 2. The van der Waals surface area contributed by atoms with Gasteiger partial charge in [-0.05, 0) is 89.3 Å². The molecule has 4 rings (SSSR count). The number of urea groups is 1. The highest BCUT2D eigenvalue weighted by Gasteiger charge is 2.39. The van der Waals surface area contributed by atoms with E-state index >= 15 is 0 Å². The van der Waals surface area contributed by atoms with Gasteiger partial charge in [0.15, 0.2) is 0 Å². The van der Waals surface area contributed by atoms with Crippen LogP contribution in [0.15, 0.2) is 40.9 Å². The SMILES string of the molecule is CC(C)(C)[C@H]1CC[C@H](N(C(=O)Nc2ccc(OC(F)(F)F)cc2)C2CCOc3cc(C(=O)NCCC(=O)O)c(Br)cc32)CC1. The lowest BCUT2D eigenvalue weighted by Crippen LogP contribution is -2.48. The number of halogens is 4. The fraction of sp³-hybridized carbons (Fsp3) is 0.516. The van der Waals surface area contributed by atoms with Crippen LogP contribution in [-0.2, 0) is 4.79 Å². The maximum Gasteiger partial charge on any atom is 0.573 e. The second-order valence-corrected chi connectivity index (χ2v) is 13.1. The summed E-state index contributed by atoms with van der Waals surface area (Å²) in [5, 5.41) is 14.3. The van der Waals surface area contributed by atoms with Crippen LogP contribution >= 0.6 is 15.9 Å². The molecule has 1 fully saturated rings. The van der Waals surface area contributed by atoms with Crippen molar-refractivity contribution in [3.05, 3.63) is 52.0 Å². The van der Waals surface area contributed by atoms with Gasteiger partial charge in [0.05, 0.1) is 24.6 Å². The number of carbonyl (C=O) groups is 3. The first kappa shape index (κ1) is 33.4. The van der Waals surface area contributed by atoms with E-state index in [2.05, 4.69) is 52.1 Å². The molecule has 1 atom stereocenters. The van der Waals surface area contributed by atoms with E-state index in [0.717, 1.165) is 37.8 Å². The Labute approximate surface area is 262 Å². The van der Waals surface area contributed by atoms with Gasteiger partial charge in [0.1, 0.15) is 11.5 Å². The number of hydrogen-bond acceptors (Lipinski definition) is 5. The standard InChI is InChI=1S/C31H37BrF3N3O6/c1-30(2,3)18-4-8-20(9-5-18)38(29(42)37-19-6-10-21(11-7-19)44-31(33,34)35)25-13-15-43-26-17-22(24(32)16-23(25)26)28(41)36-14-12-27(39)40/h6-7,10-11,16-18,20,25H,4-5,8-9,12-15H2,1-3H3,(H,36,41)(H,37,42)(H,39,40)/t18-,20-,25?. The van der Waals surface area contributed by atoms with E-state index < -0.39 is 30.3 Å². The van der Waals surface area contributed by atoms with Crippen molar-refractivity contribution in [2.45, 2.75) is 77.7 Å². The van der Waals surface area contributed by atoms with Gasteiger partial charge in [-0.25, -0.2) is 4.79 Å². The number of nitrogens with zero attached hydrogens (tertiary/aromatic N) is 1. The minimum atomic E-state index is -4.82. The van der Waals surface area contributed by atoms with Crippen molar-refractivity contribution in [3.63, 3.8) is 0 Å². The molecular formula is C31H37BrF3N3O6. The smallest absolute Gasteiger partial charge is 0.493 e. The van der Waals surface area contributed by atoms with Crippen LogP contribution in [0.5, 0.6) is 11.5 Å². The van der Waals surface area contributed by atoms with Gasteiger partial charge in [-0.15, -0.1) is 13.2 Å². The summed E-state index contributed by atoms with van der Waals surface area (Å²) in [5.41, 5.74) is 1.44. The zero-order chi connectivity index (χ0) is 32.2. The lowest BCUT2D eigenvalue weighted by Gasteiger charge is -2.45. The monoisotopic (exact) mass is 683 g/mol. The van der Waals surface area contributed by atoms with Gasteiger partial charge < -0.3 is 30.1 Å². The van der Waals surface area contributed by atoms with Crippen molar-refractivity contribution in [1.82, 2.24) is 10.2 Å². The molecule has 1 heterocycles. The van der Waals surface area contributed by atoms with E-state index in [1.807, 2.05) is 4.90 Å². The predicted octanol–water partition coefficient (Wildman–Crippen LogP) is 7.51. The van der Waals surface area contributed by atoms with E-state index in [4.69, 9.17) is 9.84 Å². The van der Waals surface area contributed by atoms with Crippen LogP contribution in [0.3, 0.4) is 0 Å². The summed E-state index contributed by atoms with van der Waals surface area (Å²) in [5.74, 6) is -0.925. The number of carboxylic acids is 1. The number of fused-ring (bicyclic) bond motifs is 1. The summed E-state index contributed by atoms with van der Waals surface area (Å²) in [6.45, 7) is 6.92. The number of amides is 3. The summed E-state index contributed by atoms with van der Waals surface area (Å²) in [4.78, 5) is 39.4. The number of nitrogens with one attached hydrogen (secondary N) is 2. The summed E-state index contributed by atoms with van der Waals surface area (Å²) >= 11 is 3.47. The fourth-order valence-electron chi connectivity index (χ4n) is 5.94. The Hall–Kier alpha value is -3.48. The van der Waals surface area contributed by atoms with E-state index in [-0.39, 0.29) is 35.7 Å². The molecule has 2 aromatic rings. The van der Waals surface area contributed by atoms with Crippen LogP contribution < -0.4 is 20.1 Å². The van der Waals surface area contributed by atoms with Gasteiger partial charge in [-0.2, -0.15) is 0 Å². The largest absolute Gasteiger partial charge is 0.573 e. The number of rotatable bonds is 8. The molecule has 240 valence electrons. The quantitative estimate of drug-likeness (QED) is 0.265. The van der Waals surface area contributed by atoms with Crippen molar-refractivity contribution in [2.24, 2.45) is 11.3 Å². The average Bonchev–Trinajstić information content (AvgIpc) is 2.93. The molecule has 1 aliphatic heterocycles. The first-order chi connectivity index (χ1) is 20.6. The summed E-state index contributed by atoms with van der Waals surface area (Å²) in [6, 6.07) is 7.46. The number of alkyl halides is 3. The number of carbonyl (C=O) groups excluding carboxylic acids is 2. The Bertz CT molecular complexity index is 1360. The van der Waals surface area contributed by atoms with Crippen molar-refractivity contribution in [3.8, 4) is 11.5 Å². The van der Waals surface area contributed by atoms with Crippen LogP contribution in [0.4, 0.5) is 23.7 Å². The Morgan fingerprint density at radius 2 is 1.70 bits per heavy atom. The van der Waals surface area contributed by atoms with Gasteiger partial charge in [-0.1, -0.05) is 20.8 Å². The normalized spacial score (nSPS) is 20.1. The second kappa shape index (κ2) is 13.7. The molecule has 2 aromatic carbocycles. The van der Waals surface area contributed by atoms with Crippen molar-refractivity contribution < 1.29 is 42.1 Å². The van der Waals surface area contributed by atoms with E-state index in [1.54, 1.807) is 12.1 Å². The van der Waals surface area contributed by atoms with Crippen LogP contribution in [0.2, 0.25) is 0 Å². The summed E-state index contributed by atoms with van der Waals surface area (Å²) < 4.78 is 48.2. The van der Waals surface area contributed by atoms with Crippen molar-refractivity contribution in [1.29, 1.82) is 0 Å². The van der Waals surface area contributed by atoms with E-state index in [9.17, 15) is 27.6 Å². The van der Waals surface area contributed by atoms with Gasteiger partial charge >= 0.3 is 18.4 Å². The van der Waals surface area contributed by atoms with Gasteiger partial charge in [0.2, 0.25) is 0 Å². The van der Waals surface area contributed by atoms with Crippen LogP contribution in [0, 0.1) is 11.3 Å². The summed E-state index contributed by atoms with van der Waals surface area (Å²) in [7, 11) is 0. The Kier molecular flexibility index (Phi) is 10.4. The van der Waals surface area contributed by atoms with Crippen LogP contribution in [0.25, 0.3) is 0 Å². The molecule has 2 aliphatic rings. The first-order valence-corrected chi connectivity index (χ1v) is 15.3. The Balaban J connectivity index is 1.61. The summed E-state index contributed by atoms with van der Waals surface area (Å²) in [6.07, 6.45) is -1.09. The molecule has 0 saturated heterocycles. The molecule has 0 spiro atoms. The fourth-order valence-corrected chi connectivity index (χ4v) is 6.48. The van der Waals surface area contributed by atoms with Gasteiger partial charge in [0.25, 0.3) is 5.91 Å². The number of hydrogen-bond donors (Lipinski definition) is 3. The minimum Gasteiger partial charge on any atom is -0.493 e. The molecule has 1 saturated carbocycles. The molecule has 0 radical (unpaired) electrons. The third-order valence-electron chi connectivity index (χ3n) is 8.20. The molecule has 44 heavy (non-hydrogen) atoms. The highest BCUT2D eigenvalue weighted by Crippen LogP contribution is 2.45. The Morgan fingerprint density at radius 3 is 2.30 bits per heavy atom. The lowest BCUT2D eigenvalue weighted by atomic mass is 9.71. The number of ether oxygens (including phenoxy) is 2. The first-order valence-electron chi connectivity index (χ1n) is 14.5. The second-order valence-electron chi connectivity index (χ2n) is 12.2. The predicted molar refractivity (Wildman–Crippen MR) is 161 cm³/mol. The zero-order valence-corrected chi connectivity index (χ0v) is 26.4. The molecule has 3 N–H and O–H groups in total. The molecule has 1 unspecified atom stereocenters. The molecular weight excluding hydrogens is 647 g/mol. The topological polar surface area (TPSA) is 117 Å². The highest BCUT2D eigenvalue weighted by atomic mass is 79.9. The van der Waals surface area contributed by atoms with E-state index in [1.165, 1.54) is 12.1 Å². The minimum absolute atomic E-state index is 0.0321. The molecule has 9 nitrogen and oxygen atoms in total. The van der Waals surface area contributed by atoms with Crippen molar-refractivity contribution in [2.75, 3.05) is 18.5 Å². The van der Waals surface area contributed by atoms with Crippen molar-refractivity contribution >= 4 is 39.5 Å². The lowest BCUT2D eigenvalue weighted by molar-refractivity contribution is -0.274. The van der Waals surface area contributed by atoms with Crippen LogP contribution in [0.1, 0.15) is 81.3 Å². The van der Waals surface area contributed by atoms with Gasteiger partial charge in [-0.3, -0.25) is 9.59 Å². The van der Waals surface area contributed by atoms with Crippen LogP contribution in [-0.4, -0.2) is 53.5 Å². The molecule has 1 aliphatic carbocycles. The van der Waals surface area contributed by atoms with E-state index in [0.29, 0.717) is 40.4 Å². The molecule has 0 aromatic heterocycles.